The van der Waals surface area contributed by atoms with Gasteiger partial charge in [0.05, 0.1) is 5.69 Å². The quantitative estimate of drug-likeness (QED) is 0.783. The third kappa shape index (κ3) is 1.78. The van der Waals surface area contributed by atoms with Crippen molar-refractivity contribution in [2.24, 2.45) is 0 Å². The average molecular weight is 219 g/mol. The molecule has 84 valence electrons. The number of cyclic esters (lactones) is 1. The van der Waals surface area contributed by atoms with Crippen molar-refractivity contribution < 1.29 is 14.3 Å². The Bertz CT molecular complexity index is 402. The van der Waals surface area contributed by atoms with E-state index in [-0.39, 0.29) is 5.91 Å². The molecular weight excluding hydrogens is 206 g/mol. The maximum atomic E-state index is 11.9. The van der Waals surface area contributed by atoms with Gasteiger partial charge >= 0.3 is 6.09 Å². The van der Waals surface area contributed by atoms with Crippen molar-refractivity contribution in [3.05, 3.63) is 30.3 Å². The molecule has 1 aliphatic rings. The minimum absolute atomic E-state index is 0.266. The number of amides is 2. The van der Waals surface area contributed by atoms with Crippen LogP contribution in [0.4, 0.5) is 10.5 Å². The van der Waals surface area contributed by atoms with E-state index in [1.54, 1.807) is 24.3 Å². The molecule has 1 saturated heterocycles. The second-order valence-corrected chi connectivity index (χ2v) is 3.67. The van der Waals surface area contributed by atoms with Crippen LogP contribution in [0.5, 0.6) is 0 Å². The van der Waals surface area contributed by atoms with E-state index in [1.165, 1.54) is 0 Å². The first-order valence-corrected chi connectivity index (χ1v) is 5.33. The standard InChI is InChI=1S/C12H13NO3/c1-2-6-10-11(14)13(12(15)16-10)9-7-4-3-5-8-9/h3-5,7-8,10H,2,6H2,1H3. The van der Waals surface area contributed by atoms with Crippen molar-refractivity contribution in [1.82, 2.24) is 0 Å². The lowest BCUT2D eigenvalue weighted by Crippen LogP contribution is -2.31. The highest BCUT2D eigenvalue weighted by molar-refractivity contribution is 6.18. The third-order valence-corrected chi connectivity index (χ3v) is 2.49. The van der Waals surface area contributed by atoms with Gasteiger partial charge in [0.15, 0.2) is 6.10 Å². The van der Waals surface area contributed by atoms with Crippen molar-refractivity contribution in [1.29, 1.82) is 0 Å². The van der Waals surface area contributed by atoms with Crippen LogP contribution >= 0.6 is 0 Å². The molecule has 0 aromatic heterocycles. The Kier molecular flexibility index (Phi) is 2.90. The minimum atomic E-state index is -0.613. The largest absolute Gasteiger partial charge is 0.435 e. The SMILES string of the molecule is CCCC1OC(=O)N(c2ccccc2)C1=O. The first kappa shape index (κ1) is 10.7. The summed E-state index contributed by atoms with van der Waals surface area (Å²) in [7, 11) is 0. The van der Waals surface area contributed by atoms with Crippen LogP contribution in [-0.4, -0.2) is 18.1 Å². The van der Waals surface area contributed by atoms with Crippen molar-refractivity contribution in [3.63, 3.8) is 0 Å². The summed E-state index contributed by atoms with van der Waals surface area (Å²) in [6, 6.07) is 8.83. The zero-order valence-electron chi connectivity index (χ0n) is 9.05. The highest BCUT2D eigenvalue weighted by atomic mass is 16.6. The van der Waals surface area contributed by atoms with Gasteiger partial charge < -0.3 is 4.74 Å². The van der Waals surface area contributed by atoms with Gasteiger partial charge in [0, 0.05) is 0 Å². The van der Waals surface area contributed by atoms with E-state index < -0.39 is 12.2 Å². The van der Waals surface area contributed by atoms with Gasteiger partial charge in [-0.3, -0.25) is 4.79 Å². The first-order valence-electron chi connectivity index (χ1n) is 5.33. The van der Waals surface area contributed by atoms with E-state index in [2.05, 4.69) is 0 Å². The van der Waals surface area contributed by atoms with E-state index in [4.69, 9.17) is 4.74 Å². The normalized spacial score (nSPS) is 20.1. The Morgan fingerprint density at radius 2 is 1.94 bits per heavy atom. The van der Waals surface area contributed by atoms with Gasteiger partial charge in [-0.2, -0.15) is 0 Å². The predicted molar refractivity (Wildman–Crippen MR) is 59.1 cm³/mol. The Balaban J connectivity index is 2.23. The number of ether oxygens (including phenoxy) is 1. The molecule has 1 aromatic rings. The molecule has 2 amide bonds. The predicted octanol–water partition coefficient (Wildman–Crippen LogP) is 2.34. The van der Waals surface area contributed by atoms with Crippen LogP contribution < -0.4 is 4.90 Å². The van der Waals surface area contributed by atoms with Gasteiger partial charge in [0.25, 0.3) is 5.91 Å². The maximum Gasteiger partial charge on any atom is 0.422 e. The van der Waals surface area contributed by atoms with Crippen LogP contribution in [0.15, 0.2) is 30.3 Å². The molecule has 4 nitrogen and oxygen atoms in total. The monoisotopic (exact) mass is 219 g/mol. The molecule has 1 heterocycles. The summed E-state index contributed by atoms with van der Waals surface area (Å²) >= 11 is 0. The number of carbonyl (C=O) groups is 2. The average Bonchev–Trinajstić information content (AvgIpc) is 2.56. The van der Waals surface area contributed by atoms with Crippen LogP contribution in [0.3, 0.4) is 0 Å². The zero-order valence-corrected chi connectivity index (χ0v) is 9.05. The minimum Gasteiger partial charge on any atom is -0.435 e. The van der Waals surface area contributed by atoms with E-state index in [9.17, 15) is 9.59 Å². The first-order chi connectivity index (χ1) is 7.74. The number of nitrogens with zero attached hydrogens (tertiary/aromatic N) is 1. The highest BCUT2D eigenvalue weighted by Gasteiger charge is 2.40. The fourth-order valence-electron chi connectivity index (χ4n) is 1.71. The van der Waals surface area contributed by atoms with Crippen LogP contribution in [0.25, 0.3) is 0 Å². The summed E-state index contributed by atoms with van der Waals surface area (Å²) in [5.41, 5.74) is 0.566. The number of para-hydroxylation sites is 1. The molecule has 0 spiro atoms. The molecule has 4 heteroatoms. The molecule has 0 bridgehead atoms. The molecule has 0 N–H and O–H groups in total. The van der Waals surface area contributed by atoms with Gasteiger partial charge in [-0.1, -0.05) is 31.5 Å². The Morgan fingerprint density at radius 1 is 1.25 bits per heavy atom. The lowest BCUT2D eigenvalue weighted by atomic mass is 10.2. The third-order valence-electron chi connectivity index (χ3n) is 2.49. The number of imide groups is 1. The molecule has 1 aliphatic heterocycles. The van der Waals surface area contributed by atoms with E-state index in [0.29, 0.717) is 12.1 Å². The summed E-state index contributed by atoms with van der Waals surface area (Å²) in [4.78, 5) is 24.5. The number of carbonyl (C=O) groups excluding carboxylic acids is 2. The molecule has 2 rings (SSSR count). The molecule has 0 saturated carbocycles. The fraction of sp³-hybridized carbons (Fsp3) is 0.333. The van der Waals surface area contributed by atoms with Gasteiger partial charge in [-0.25, -0.2) is 9.69 Å². The number of benzene rings is 1. The van der Waals surface area contributed by atoms with Crippen molar-refractivity contribution >= 4 is 17.7 Å². The summed E-state index contributed by atoms with van der Waals surface area (Å²) in [6.07, 6.45) is 0.201. The van der Waals surface area contributed by atoms with E-state index in [0.717, 1.165) is 11.3 Å². The molecule has 0 radical (unpaired) electrons. The highest BCUT2D eigenvalue weighted by Crippen LogP contribution is 2.24. The van der Waals surface area contributed by atoms with E-state index in [1.807, 2.05) is 13.0 Å². The van der Waals surface area contributed by atoms with Crippen molar-refractivity contribution in [3.8, 4) is 0 Å². The zero-order chi connectivity index (χ0) is 11.5. The summed E-state index contributed by atoms with van der Waals surface area (Å²) in [6.45, 7) is 1.95. The summed E-state index contributed by atoms with van der Waals surface area (Å²) in [5, 5.41) is 0. The maximum absolute atomic E-state index is 11.9. The van der Waals surface area contributed by atoms with Gasteiger partial charge in [-0.15, -0.1) is 0 Å². The van der Waals surface area contributed by atoms with Crippen molar-refractivity contribution in [2.75, 3.05) is 4.90 Å². The number of anilines is 1. The van der Waals surface area contributed by atoms with Crippen LogP contribution in [-0.2, 0) is 9.53 Å². The fourth-order valence-corrected chi connectivity index (χ4v) is 1.71. The van der Waals surface area contributed by atoms with Gasteiger partial charge in [-0.05, 0) is 18.6 Å². The molecule has 1 atom stereocenters. The molecule has 1 aromatic carbocycles. The molecule has 1 unspecified atom stereocenters. The van der Waals surface area contributed by atoms with Gasteiger partial charge in [0.2, 0.25) is 0 Å². The van der Waals surface area contributed by atoms with Crippen molar-refractivity contribution in [2.45, 2.75) is 25.9 Å². The number of hydrogen-bond acceptors (Lipinski definition) is 3. The molecule has 0 aliphatic carbocycles. The van der Waals surface area contributed by atoms with Crippen LogP contribution in [0.2, 0.25) is 0 Å². The second kappa shape index (κ2) is 4.35. The molecule has 16 heavy (non-hydrogen) atoms. The molecular formula is C12H13NO3. The lowest BCUT2D eigenvalue weighted by Gasteiger charge is -2.10. The second-order valence-electron chi connectivity index (χ2n) is 3.67. The Morgan fingerprint density at radius 3 is 2.56 bits per heavy atom. The van der Waals surface area contributed by atoms with Crippen LogP contribution in [0.1, 0.15) is 19.8 Å². The lowest BCUT2D eigenvalue weighted by molar-refractivity contribution is -0.122. The van der Waals surface area contributed by atoms with Gasteiger partial charge in [0.1, 0.15) is 0 Å². The Labute approximate surface area is 93.8 Å². The smallest absolute Gasteiger partial charge is 0.422 e. The van der Waals surface area contributed by atoms with E-state index >= 15 is 0 Å². The topological polar surface area (TPSA) is 46.6 Å². The molecule has 1 fully saturated rings. The Hall–Kier alpha value is -1.84. The number of hydrogen-bond donors (Lipinski definition) is 0. The summed E-state index contributed by atoms with van der Waals surface area (Å²) < 4.78 is 5.02. The van der Waals surface area contributed by atoms with Crippen LogP contribution in [0, 0.1) is 0 Å². The number of rotatable bonds is 3. The summed E-state index contributed by atoms with van der Waals surface area (Å²) in [5.74, 6) is -0.266.